The van der Waals surface area contributed by atoms with Gasteiger partial charge in [-0.25, -0.2) is 4.98 Å². The first-order chi connectivity index (χ1) is 11.4. The summed E-state index contributed by atoms with van der Waals surface area (Å²) in [5, 5.41) is 11.4. The average Bonchev–Trinajstić information content (AvgIpc) is 3.09. The Hall–Kier alpha value is -2.38. The van der Waals surface area contributed by atoms with Crippen molar-refractivity contribution in [3.63, 3.8) is 0 Å². The molecule has 0 spiro atoms. The highest BCUT2D eigenvalue weighted by molar-refractivity contribution is 7.14. The molecule has 0 aliphatic carbocycles. The van der Waals surface area contributed by atoms with Crippen molar-refractivity contribution in [3.05, 3.63) is 45.0 Å². The number of hydrogen-bond donors (Lipinski definition) is 1. The molecule has 1 aromatic carbocycles. The number of ether oxygens (including phenoxy) is 1. The van der Waals surface area contributed by atoms with Crippen molar-refractivity contribution in [1.29, 1.82) is 0 Å². The number of carbonyl (C=O) groups is 2. The minimum absolute atomic E-state index is 0.187. The van der Waals surface area contributed by atoms with Gasteiger partial charge in [0.05, 0.1) is 19.0 Å². The van der Waals surface area contributed by atoms with Crippen molar-refractivity contribution in [2.24, 2.45) is 0 Å². The molecule has 0 bridgehead atoms. The van der Waals surface area contributed by atoms with Crippen molar-refractivity contribution in [2.75, 3.05) is 7.11 Å². The Kier molecular flexibility index (Phi) is 4.29. The highest BCUT2D eigenvalue weighted by atomic mass is 35.5. The quantitative estimate of drug-likeness (QED) is 0.767. The molecule has 0 amide bonds. The maximum atomic E-state index is 12.8. The summed E-state index contributed by atoms with van der Waals surface area (Å²) >= 11 is 6.98. The van der Waals surface area contributed by atoms with E-state index in [0.717, 1.165) is 0 Å². The molecule has 1 N–H and O–H groups in total. The van der Waals surface area contributed by atoms with Crippen LogP contribution in [0.15, 0.2) is 23.6 Å². The smallest absolute Gasteiger partial charge is 0.307 e. The van der Waals surface area contributed by atoms with E-state index in [0.29, 0.717) is 27.9 Å². The zero-order valence-electron chi connectivity index (χ0n) is 12.9. The largest absolute Gasteiger partial charge is 0.497 e. The number of benzene rings is 1. The molecule has 2 aromatic heterocycles. The van der Waals surface area contributed by atoms with Crippen LogP contribution in [0.5, 0.6) is 5.75 Å². The third-order valence-electron chi connectivity index (χ3n) is 3.77. The zero-order valence-corrected chi connectivity index (χ0v) is 14.4. The van der Waals surface area contributed by atoms with Crippen LogP contribution in [0.3, 0.4) is 0 Å². The number of fused-ring (bicyclic) bond motifs is 1. The Labute approximate surface area is 146 Å². The van der Waals surface area contributed by atoms with E-state index >= 15 is 0 Å². The van der Waals surface area contributed by atoms with Crippen molar-refractivity contribution in [1.82, 2.24) is 9.55 Å². The number of aromatic nitrogens is 2. The summed E-state index contributed by atoms with van der Waals surface area (Å²) < 4.78 is 6.96. The number of nitrogens with zero attached hydrogens (tertiary/aromatic N) is 2. The summed E-state index contributed by atoms with van der Waals surface area (Å²) in [7, 11) is 1.53. The van der Waals surface area contributed by atoms with Crippen molar-refractivity contribution < 1.29 is 19.4 Å². The third-order valence-corrected chi connectivity index (χ3v) is 4.75. The Balaban J connectivity index is 2.25. The van der Waals surface area contributed by atoms with Crippen LogP contribution in [0.1, 0.15) is 21.7 Å². The molecule has 0 saturated heterocycles. The van der Waals surface area contributed by atoms with Gasteiger partial charge in [0.1, 0.15) is 11.4 Å². The topological polar surface area (TPSA) is 81.4 Å². The molecule has 6 nitrogen and oxygen atoms in total. The van der Waals surface area contributed by atoms with Gasteiger partial charge in [-0.15, -0.1) is 11.3 Å². The Bertz CT molecular complexity index is 961. The Morgan fingerprint density at radius 1 is 1.42 bits per heavy atom. The summed E-state index contributed by atoms with van der Waals surface area (Å²) in [6.07, 6.45) is -0.187. The lowest BCUT2D eigenvalue weighted by Crippen LogP contribution is -2.14. The van der Waals surface area contributed by atoms with Crippen LogP contribution in [0.4, 0.5) is 0 Å². The van der Waals surface area contributed by atoms with E-state index in [1.807, 2.05) is 0 Å². The molecule has 3 rings (SSSR count). The predicted octanol–water partition coefficient (Wildman–Crippen LogP) is 3.38. The summed E-state index contributed by atoms with van der Waals surface area (Å²) in [4.78, 5) is 28.0. The van der Waals surface area contributed by atoms with Gasteiger partial charge in [0, 0.05) is 16.5 Å². The molecule has 0 aliphatic heterocycles. The molecule has 0 atom stereocenters. The first-order valence-corrected chi connectivity index (χ1v) is 8.23. The first kappa shape index (κ1) is 16.5. The fraction of sp³-hybridized carbons (Fsp3) is 0.188. The van der Waals surface area contributed by atoms with Crippen molar-refractivity contribution in [2.45, 2.75) is 13.3 Å². The third kappa shape index (κ3) is 2.76. The standard InChI is InChI=1S/C16H13ClN2O4S/c1-8-10(6-14(20)21)11-5-9(23-2)3-4-13(11)19(8)15(22)12-7-24-16(17)18-12/h3-5,7H,6H2,1-2H3,(H,20,21). The second kappa shape index (κ2) is 6.26. The maximum absolute atomic E-state index is 12.8. The summed E-state index contributed by atoms with van der Waals surface area (Å²) in [6, 6.07) is 5.20. The average molecular weight is 365 g/mol. The fourth-order valence-electron chi connectivity index (χ4n) is 2.69. The number of hydrogen-bond acceptors (Lipinski definition) is 5. The minimum Gasteiger partial charge on any atom is -0.497 e. The SMILES string of the molecule is COc1ccc2c(c1)c(CC(=O)O)c(C)n2C(=O)c1csc(Cl)n1. The minimum atomic E-state index is -0.968. The van der Waals surface area contributed by atoms with Gasteiger partial charge >= 0.3 is 5.97 Å². The van der Waals surface area contributed by atoms with Crippen molar-refractivity contribution >= 4 is 45.7 Å². The normalized spacial score (nSPS) is 11.0. The van der Waals surface area contributed by atoms with E-state index in [9.17, 15) is 14.7 Å². The van der Waals surface area contributed by atoms with Crippen LogP contribution in [-0.2, 0) is 11.2 Å². The molecule has 0 radical (unpaired) electrons. The van der Waals surface area contributed by atoms with E-state index in [1.165, 1.54) is 23.0 Å². The number of methoxy groups -OCH3 is 1. The summed E-state index contributed by atoms with van der Waals surface area (Å²) in [5.74, 6) is -0.720. The molecular weight excluding hydrogens is 352 g/mol. The fourth-order valence-corrected chi connectivity index (χ4v) is 3.43. The van der Waals surface area contributed by atoms with Gasteiger partial charge in [-0.3, -0.25) is 14.2 Å². The molecular formula is C16H13ClN2O4S. The second-order valence-electron chi connectivity index (χ2n) is 5.14. The Morgan fingerprint density at radius 2 is 2.17 bits per heavy atom. The van der Waals surface area contributed by atoms with Gasteiger partial charge in [0.2, 0.25) is 0 Å². The highest BCUT2D eigenvalue weighted by Gasteiger charge is 2.23. The van der Waals surface area contributed by atoms with Crippen LogP contribution in [0, 0.1) is 6.92 Å². The van der Waals surface area contributed by atoms with Gasteiger partial charge in [-0.05, 0) is 30.7 Å². The number of halogens is 1. The molecule has 24 heavy (non-hydrogen) atoms. The molecule has 0 aliphatic rings. The molecule has 0 saturated carbocycles. The molecule has 2 heterocycles. The molecule has 8 heteroatoms. The monoisotopic (exact) mass is 364 g/mol. The van der Waals surface area contributed by atoms with Crippen LogP contribution in [-0.4, -0.2) is 33.6 Å². The summed E-state index contributed by atoms with van der Waals surface area (Å²) in [6.45, 7) is 1.72. The molecule has 0 fully saturated rings. The van der Waals surface area contributed by atoms with Crippen LogP contribution in [0.2, 0.25) is 4.47 Å². The van der Waals surface area contributed by atoms with Gasteiger partial charge in [-0.1, -0.05) is 11.6 Å². The highest BCUT2D eigenvalue weighted by Crippen LogP contribution is 2.31. The summed E-state index contributed by atoms with van der Waals surface area (Å²) in [5.41, 5.74) is 1.97. The lowest BCUT2D eigenvalue weighted by Gasteiger charge is -2.05. The Morgan fingerprint density at radius 3 is 2.75 bits per heavy atom. The number of carboxylic acids is 1. The predicted molar refractivity (Wildman–Crippen MR) is 91.4 cm³/mol. The number of carbonyl (C=O) groups excluding carboxylic acids is 1. The van der Waals surface area contributed by atoms with Gasteiger partial charge in [0.25, 0.3) is 5.91 Å². The number of aliphatic carboxylic acids is 1. The van der Waals surface area contributed by atoms with Gasteiger partial charge in [-0.2, -0.15) is 0 Å². The maximum Gasteiger partial charge on any atom is 0.307 e. The van der Waals surface area contributed by atoms with Crippen LogP contribution < -0.4 is 4.74 Å². The van der Waals surface area contributed by atoms with Gasteiger partial charge in [0.15, 0.2) is 4.47 Å². The van der Waals surface area contributed by atoms with E-state index < -0.39 is 5.97 Å². The number of thiazole rings is 1. The zero-order chi connectivity index (χ0) is 17.4. The molecule has 124 valence electrons. The first-order valence-electron chi connectivity index (χ1n) is 6.97. The molecule has 0 unspecified atom stereocenters. The second-order valence-corrected chi connectivity index (χ2v) is 6.58. The van der Waals surface area contributed by atoms with Gasteiger partial charge < -0.3 is 9.84 Å². The van der Waals surface area contributed by atoms with E-state index in [1.54, 1.807) is 30.5 Å². The number of carboxylic acid groups (broad SMARTS) is 1. The van der Waals surface area contributed by atoms with E-state index in [-0.39, 0.29) is 22.5 Å². The van der Waals surface area contributed by atoms with Crippen molar-refractivity contribution in [3.8, 4) is 5.75 Å². The van der Waals surface area contributed by atoms with E-state index in [2.05, 4.69) is 4.98 Å². The van der Waals surface area contributed by atoms with Crippen LogP contribution >= 0.6 is 22.9 Å². The van der Waals surface area contributed by atoms with Crippen LogP contribution in [0.25, 0.3) is 10.9 Å². The van der Waals surface area contributed by atoms with E-state index in [4.69, 9.17) is 16.3 Å². The lowest BCUT2D eigenvalue weighted by atomic mass is 10.1. The molecule has 3 aromatic rings. The number of rotatable bonds is 4. The lowest BCUT2D eigenvalue weighted by molar-refractivity contribution is -0.136.